The molecule has 0 saturated heterocycles. The Balaban J connectivity index is 1.77. The van der Waals surface area contributed by atoms with Gasteiger partial charge >= 0.3 is 6.03 Å². The van der Waals surface area contributed by atoms with Crippen molar-refractivity contribution in [2.75, 3.05) is 13.6 Å². The van der Waals surface area contributed by atoms with E-state index in [0.29, 0.717) is 12.6 Å². The number of hydrogen-bond donors (Lipinski definition) is 1. The molecule has 0 atom stereocenters. The van der Waals surface area contributed by atoms with Gasteiger partial charge in [-0.1, -0.05) is 56.4 Å². The van der Waals surface area contributed by atoms with Crippen molar-refractivity contribution in [2.24, 2.45) is 0 Å². The van der Waals surface area contributed by atoms with Crippen LogP contribution in [0.1, 0.15) is 56.1 Å². The highest BCUT2D eigenvalue weighted by molar-refractivity contribution is 5.74. The van der Waals surface area contributed by atoms with Crippen LogP contribution in [0.15, 0.2) is 24.3 Å². The number of nitrogens with zero attached hydrogens (tertiary/aromatic N) is 1. The lowest BCUT2D eigenvalue weighted by molar-refractivity contribution is 0.178. The Bertz CT molecular complexity index is 464. The van der Waals surface area contributed by atoms with Gasteiger partial charge in [-0.2, -0.15) is 0 Å². The molecule has 122 valence electrons. The molecule has 1 aromatic carbocycles. The van der Waals surface area contributed by atoms with E-state index in [1.165, 1.54) is 43.2 Å². The zero-order valence-corrected chi connectivity index (χ0v) is 14.1. The van der Waals surface area contributed by atoms with E-state index in [-0.39, 0.29) is 6.03 Å². The first-order valence-electron chi connectivity index (χ1n) is 8.73. The van der Waals surface area contributed by atoms with Crippen molar-refractivity contribution < 1.29 is 4.79 Å². The summed E-state index contributed by atoms with van der Waals surface area (Å²) in [6.07, 6.45) is 9.72. The summed E-state index contributed by atoms with van der Waals surface area (Å²) in [5, 5.41) is 3.08. The number of nitrogens with one attached hydrogen (secondary N) is 1. The lowest BCUT2D eigenvalue weighted by Crippen LogP contribution is -2.44. The topological polar surface area (TPSA) is 32.3 Å². The average molecular weight is 302 g/mol. The van der Waals surface area contributed by atoms with E-state index in [1.807, 2.05) is 11.9 Å². The van der Waals surface area contributed by atoms with Crippen molar-refractivity contribution in [2.45, 2.75) is 64.3 Å². The Morgan fingerprint density at radius 3 is 2.45 bits per heavy atom. The number of rotatable bonds is 4. The Labute approximate surface area is 135 Å². The Kier molecular flexibility index (Phi) is 6.75. The zero-order chi connectivity index (χ0) is 15.8. The summed E-state index contributed by atoms with van der Waals surface area (Å²) < 4.78 is 0. The summed E-state index contributed by atoms with van der Waals surface area (Å²) in [5.74, 6) is 0. The number of amides is 2. The van der Waals surface area contributed by atoms with Crippen molar-refractivity contribution in [1.82, 2.24) is 10.2 Å². The average Bonchev–Trinajstić information content (AvgIpc) is 2.48. The lowest BCUT2D eigenvalue weighted by atomic mass is 9.96. The predicted octanol–water partition coefficient (Wildman–Crippen LogP) is 4.29. The molecule has 3 nitrogen and oxygen atoms in total. The van der Waals surface area contributed by atoms with Crippen LogP contribution in [0.2, 0.25) is 0 Å². The molecule has 1 aromatic rings. The minimum atomic E-state index is 0.0826. The van der Waals surface area contributed by atoms with Crippen molar-refractivity contribution in [3.05, 3.63) is 35.4 Å². The second-order valence-corrected chi connectivity index (χ2v) is 6.52. The first-order valence-corrected chi connectivity index (χ1v) is 8.73. The van der Waals surface area contributed by atoms with E-state index in [0.717, 1.165) is 19.3 Å². The van der Waals surface area contributed by atoms with Crippen LogP contribution in [0.5, 0.6) is 0 Å². The van der Waals surface area contributed by atoms with Crippen LogP contribution < -0.4 is 5.32 Å². The maximum Gasteiger partial charge on any atom is 0.317 e. The Morgan fingerprint density at radius 2 is 1.77 bits per heavy atom. The van der Waals surface area contributed by atoms with Crippen LogP contribution in [-0.4, -0.2) is 30.6 Å². The molecule has 0 bridgehead atoms. The van der Waals surface area contributed by atoms with Crippen molar-refractivity contribution in [3.63, 3.8) is 0 Å². The maximum absolute atomic E-state index is 12.3. The zero-order valence-electron chi connectivity index (χ0n) is 14.1. The largest absolute Gasteiger partial charge is 0.338 e. The van der Waals surface area contributed by atoms with Gasteiger partial charge in [0.25, 0.3) is 0 Å². The monoisotopic (exact) mass is 302 g/mol. The van der Waals surface area contributed by atoms with Gasteiger partial charge in [-0.25, -0.2) is 4.79 Å². The molecule has 1 fully saturated rings. The minimum Gasteiger partial charge on any atom is -0.338 e. The molecule has 1 saturated carbocycles. The van der Waals surface area contributed by atoms with Crippen molar-refractivity contribution in [1.29, 1.82) is 0 Å². The third-order valence-corrected chi connectivity index (χ3v) is 4.87. The van der Waals surface area contributed by atoms with E-state index in [1.54, 1.807) is 0 Å². The van der Waals surface area contributed by atoms with Crippen LogP contribution in [0, 0.1) is 6.92 Å². The van der Waals surface area contributed by atoms with Gasteiger partial charge < -0.3 is 10.2 Å². The predicted molar refractivity (Wildman–Crippen MR) is 92.2 cm³/mol. The number of aryl methyl sites for hydroxylation is 1. The summed E-state index contributed by atoms with van der Waals surface area (Å²) in [5.41, 5.74) is 2.61. The molecule has 1 N–H and O–H groups in total. The van der Waals surface area contributed by atoms with Crippen LogP contribution in [0.4, 0.5) is 4.79 Å². The molecule has 2 amide bonds. The summed E-state index contributed by atoms with van der Waals surface area (Å²) in [4.78, 5) is 14.3. The van der Waals surface area contributed by atoms with Gasteiger partial charge in [0.1, 0.15) is 0 Å². The molecule has 0 spiro atoms. The maximum atomic E-state index is 12.3. The van der Waals surface area contributed by atoms with E-state index < -0.39 is 0 Å². The molecule has 0 aromatic heterocycles. The fourth-order valence-corrected chi connectivity index (χ4v) is 3.31. The molecular formula is C19H30N2O. The normalized spacial score (nSPS) is 16.6. The van der Waals surface area contributed by atoms with Crippen LogP contribution in [0.3, 0.4) is 0 Å². The van der Waals surface area contributed by atoms with Crippen molar-refractivity contribution >= 4 is 6.03 Å². The molecule has 0 heterocycles. The van der Waals surface area contributed by atoms with E-state index in [9.17, 15) is 4.79 Å². The van der Waals surface area contributed by atoms with Gasteiger partial charge in [-0.15, -0.1) is 0 Å². The minimum absolute atomic E-state index is 0.0826. The lowest BCUT2D eigenvalue weighted by Gasteiger charge is -2.30. The number of hydrogen-bond acceptors (Lipinski definition) is 1. The van der Waals surface area contributed by atoms with Crippen molar-refractivity contribution in [3.8, 4) is 0 Å². The molecule has 0 aliphatic heterocycles. The van der Waals surface area contributed by atoms with Crippen LogP contribution in [-0.2, 0) is 6.42 Å². The Morgan fingerprint density at radius 1 is 1.14 bits per heavy atom. The number of benzene rings is 1. The second-order valence-electron chi connectivity index (χ2n) is 6.52. The second kappa shape index (κ2) is 8.82. The molecular weight excluding hydrogens is 272 g/mol. The highest BCUT2D eigenvalue weighted by Crippen LogP contribution is 2.20. The first kappa shape index (κ1) is 16.9. The van der Waals surface area contributed by atoms with Gasteiger partial charge in [0.05, 0.1) is 0 Å². The molecule has 2 rings (SSSR count). The molecule has 0 unspecified atom stereocenters. The highest BCUT2D eigenvalue weighted by Gasteiger charge is 2.20. The van der Waals surface area contributed by atoms with E-state index >= 15 is 0 Å². The van der Waals surface area contributed by atoms with Gasteiger partial charge in [0, 0.05) is 19.6 Å². The third kappa shape index (κ3) is 5.04. The van der Waals surface area contributed by atoms with Crippen LogP contribution in [0.25, 0.3) is 0 Å². The Hall–Kier alpha value is -1.51. The number of urea groups is 1. The highest BCUT2D eigenvalue weighted by atomic mass is 16.2. The van der Waals surface area contributed by atoms with Gasteiger partial charge in [-0.05, 0) is 37.3 Å². The van der Waals surface area contributed by atoms with E-state index in [2.05, 4.69) is 36.5 Å². The molecule has 22 heavy (non-hydrogen) atoms. The fraction of sp³-hybridized carbons (Fsp3) is 0.632. The quantitative estimate of drug-likeness (QED) is 0.884. The van der Waals surface area contributed by atoms with E-state index in [4.69, 9.17) is 0 Å². The number of carbonyl (C=O) groups is 1. The third-order valence-electron chi connectivity index (χ3n) is 4.87. The summed E-state index contributed by atoms with van der Waals surface area (Å²) in [6, 6.07) is 8.88. The standard InChI is InChI=1S/C19H30N2O/c1-16-10-8-9-11-17(16)14-15-20-19(22)21(2)18-12-6-4-3-5-7-13-18/h8-11,18H,3-7,12-15H2,1-2H3,(H,20,22). The molecule has 3 heteroatoms. The SMILES string of the molecule is Cc1ccccc1CCNC(=O)N(C)C1CCCCCCC1. The van der Waals surface area contributed by atoms with Gasteiger partial charge in [0.15, 0.2) is 0 Å². The smallest absolute Gasteiger partial charge is 0.317 e. The summed E-state index contributed by atoms with van der Waals surface area (Å²) >= 11 is 0. The molecule has 1 aliphatic carbocycles. The summed E-state index contributed by atoms with van der Waals surface area (Å²) in [6.45, 7) is 2.83. The number of carbonyl (C=O) groups excluding carboxylic acids is 1. The fourth-order valence-electron chi connectivity index (χ4n) is 3.31. The molecule has 0 radical (unpaired) electrons. The van der Waals surface area contributed by atoms with Gasteiger partial charge in [0.2, 0.25) is 0 Å². The molecule has 1 aliphatic rings. The van der Waals surface area contributed by atoms with Crippen LogP contribution >= 0.6 is 0 Å². The summed E-state index contributed by atoms with van der Waals surface area (Å²) in [7, 11) is 1.95. The van der Waals surface area contributed by atoms with Gasteiger partial charge in [-0.3, -0.25) is 0 Å². The first-order chi connectivity index (χ1) is 10.7.